The first-order valence-corrected chi connectivity index (χ1v) is 7.38. The van der Waals surface area contributed by atoms with Crippen LogP contribution in [0.1, 0.15) is 15.9 Å². The minimum Gasteiger partial charge on any atom is -0.507 e. The van der Waals surface area contributed by atoms with Gasteiger partial charge in [-0.25, -0.2) is 0 Å². The summed E-state index contributed by atoms with van der Waals surface area (Å²) in [6, 6.07) is 11.7. The van der Waals surface area contributed by atoms with E-state index in [9.17, 15) is 9.90 Å². The first kappa shape index (κ1) is 14.8. The van der Waals surface area contributed by atoms with Crippen molar-refractivity contribution in [2.45, 2.75) is 0 Å². The fraction of sp³-hybridized carbons (Fsp3) is 0. The Morgan fingerprint density at radius 1 is 1.30 bits per heavy atom. The monoisotopic (exact) mass is 442 g/mol. The van der Waals surface area contributed by atoms with E-state index in [-0.39, 0.29) is 11.3 Å². The number of phenols is 1. The minimum absolute atomic E-state index is 0.101. The molecule has 0 aromatic heterocycles. The van der Waals surface area contributed by atoms with Gasteiger partial charge in [-0.3, -0.25) is 4.79 Å². The molecule has 20 heavy (non-hydrogen) atoms. The lowest BCUT2D eigenvalue weighted by Crippen LogP contribution is -2.13. The molecule has 4 nitrogen and oxygen atoms in total. The lowest BCUT2D eigenvalue weighted by Gasteiger charge is -2.09. The number of carbonyl (C=O) groups excluding carboxylic acids is 1. The molecule has 1 amide bonds. The number of nitrogens with one attached hydrogen (secondary N) is 1. The lowest BCUT2D eigenvalue weighted by molar-refractivity contribution is 0.102. The van der Waals surface area contributed by atoms with Crippen LogP contribution in [-0.4, -0.2) is 11.0 Å². The van der Waals surface area contributed by atoms with E-state index in [0.29, 0.717) is 11.3 Å². The van der Waals surface area contributed by atoms with Crippen molar-refractivity contribution in [2.75, 3.05) is 5.32 Å². The summed E-state index contributed by atoms with van der Waals surface area (Å²) in [6.45, 7) is 0. The van der Waals surface area contributed by atoms with Crippen molar-refractivity contribution in [3.05, 3.63) is 55.6 Å². The molecule has 0 saturated carbocycles. The van der Waals surface area contributed by atoms with Crippen molar-refractivity contribution >= 4 is 50.1 Å². The van der Waals surface area contributed by atoms with Crippen LogP contribution in [-0.2, 0) is 0 Å². The molecule has 0 heterocycles. The van der Waals surface area contributed by atoms with Crippen LogP contribution < -0.4 is 5.32 Å². The molecule has 0 fully saturated rings. The molecular formula is C14H8BrIN2O2. The zero-order chi connectivity index (χ0) is 14.7. The third kappa shape index (κ3) is 3.29. The molecule has 0 bridgehead atoms. The molecule has 0 spiro atoms. The SMILES string of the molecule is N#Cc1ccc(Br)cc1NC(=O)c1cc(I)ccc1O. The van der Waals surface area contributed by atoms with Gasteiger partial charge >= 0.3 is 0 Å². The number of nitriles is 1. The van der Waals surface area contributed by atoms with Crippen LogP contribution in [0.4, 0.5) is 5.69 Å². The summed E-state index contributed by atoms with van der Waals surface area (Å²) in [5.74, 6) is -0.563. The molecule has 2 N–H and O–H groups in total. The van der Waals surface area contributed by atoms with E-state index in [1.807, 2.05) is 6.07 Å². The number of aromatic hydroxyl groups is 1. The Balaban J connectivity index is 2.35. The molecule has 0 unspecified atom stereocenters. The Morgan fingerprint density at radius 2 is 2.05 bits per heavy atom. The smallest absolute Gasteiger partial charge is 0.259 e. The van der Waals surface area contributed by atoms with Crippen molar-refractivity contribution in [1.29, 1.82) is 5.26 Å². The number of nitrogens with zero attached hydrogens (tertiary/aromatic N) is 1. The largest absolute Gasteiger partial charge is 0.507 e. The standard InChI is InChI=1S/C14H8BrIN2O2/c15-9-2-1-8(7-17)12(5-9)18-14(20)11-6-10(16)3-4-13(11)19/h1-6,19H,(H,18,20). The van der Waals surface area contributed by atoms with E-state index in [1.165, 1.54) is 6.07 Å². The second kappa shape index (κ2) is 6.24. The molecule has 0 aliphatic carbocycles. The molecule has 0 aliphatic rings. The Morgan fingerprint density at radius 3 is 2.75 bits per heavy atom. The highest BCUT2D eigenvalue weighted by Gasteiger charge is 2.14. The minimum atomic E-state index is -0.462. The summed E-state index contributed by atoms with van der Waals surface area (Å²) in [7, 11) is 0. The highest BCUT2D eigenvalue weighted by atomic mass is 127. The maximum absolute atomic E-state index is 12.2. The third-order valence-electron chi connectivity index (χ3n) is 2.55. The van der Waals surface area contributed by atoms with Gasteiger partial charge in [0.05, 0.1) is 16.8 Å². The number of carbonyl (C=O) groups is 1. The van der Waals surface area contributed by atoms with Gasteiger partial charge in [-0.1, -0.05) is 15.9 Å². The summed E-state index contributed by atoms with van der Waals surface area (Å²) in [5.41, 5.74) is 0.914. The maximum atomic E-state index is 12.2. The molecular weight excluding hydrogens is 435 g/mol. The average molecular weight is 443 g/mol. The van der Waals surface area contributed by atoms with Crippen molar-refractivity contribution < 1.29 is 9.90 Å². The summed E-state index contributed by atoms with van der Waals surface area (Å²) in [4.78, 5) is 12.2. The third-order valence-corrected chi connectivity index (χ3v) is 3.72. The average Bonchev–Trinajstić information content (AvgIpc) is 2.41. The summed E-state index contributed by atoms with van der Waals surface area (Å²) < 4.78 is 1.58. The second-order valence-electron chi connectivity index (χ2n) is 3.92. The Hall–Kier alpha value is -1.59. The Kier molecular flexibility index (Phi) is 4.62. The summed E-state index contributed by atoms with van der Waals surface area (Å²) >= 11 is 5.34. The highest BCUT2D eigenvalue weighted by molar-refractivity contribution is 14.1. The molecule has 0 radical (unpaired) electrons. The number of hydrogen-bond donors (Lipinski definition) is 2. The number of anilines is 1. The second-order valence-corrected chi connectivity index (χ2v) is 6.08. The first-order valence-electron chi connectivity index (χ1n) is 5.51. The van der Waals surface area contributed by atoms with Gasteiger partial charge in [0, 0.05) is 8.04 Å². The zero-order valence-electron chi connectivity index (χ0n) is 10.0. The fourth-order valence-electron chi connectivity index (χ4n) is 1.60. The zero-order valence-corrected chi connectivity index (χ0v) is 13.8. The molecule has 2 aromatic rings. The number of hydrogen-bond acceptors (Lipinski definition) is 3. The number of rotatable bonds is 2. The van der Waals surface area contributed by atoms with Crippen LogP contribution in [0.15, 0.2) is 40.9 Å². The number of benzene rings is 2. The normalized spacial score (nSPS) is 9.85. The van der Waals surface area contributed by atoms with Gasteiger partial charge in [0.2, 0.25) is 0 Å². The maximum Gasteiger partial charge on any atom is 0.259 e. The van der Waals surface area contributed by atoms with Crippen molar-refractivity contribution in [3.63, 3.8) is 0 Å². The van der Waals surface area contributed by atoms with E-state index in [4.69, 9.17) is 5.26 Å². The van der Waals surface area contributed by atoms with E-state index in [1.54, 1.807) is 30.3 Å². The van der Waals surface area contributed by atoms with Crippen molar-refractivity contribution in [3.8, 4) is 11.8 Å². The summed E-state index contributed by atoms with van der Waals surface area (Å²) in [6.07, 6.45) is 0. The van der Waals surface area contributed by atoms with Crippen LogP contribution >= 0.6 is 38.5 Å². The highest BCUT2D eigenvalue weighted by Crippen LogP contribution is 2.24. The van der Waals surface area contributed by atoms with Crippen LogP contribution in [0.2, 0.25) is 0 Å². The van der Waals surface area contributed by atoms with Crippen LogP contribution in [0.5, 0.6) is 5.75 Å². The number of phenolic OH excluding ortho intramolecular Hbond substituents is 1. The Labute approximate surface area is 137 Å². The predicted molar refractivity (Wildman–Crippen MR) is 87.6 cm³/mol. The van der Waals surface area contributed by atoms with E-state index in [2.05, 4.69) is 43.8 Å². The number of amides is 1. The molecule has 0 aliphatic heterocycles. The Bertz CT molecular complexity index is 726. The van der Waals surface area contributed by atoms with E-state index >= 15 is 0 Å². The van der Waals surface area contributed by atoms with Gasteiger partial charge in [-0.05, 0) is 59.0 Å². The summed E-state index contributed by atoms with van der Waals surface area (Å²) in [5, 5.41) is 21.4. The van der Waals surface area contributed by atoms with Gasteiger partial charge in [0.15, 0.2) is 0 Å². The molecule has 0 saturated heterocycles. The van der Waals surface area contributed by atoms with Gasteiger partial charge in [0.1, 0.15) is 11.8 Å². The molecule has 2 rings (SSSR count). The van der Waals surface area contributed by atoms with Gasteiger partial charge < -0.3 is 10.4 Å². The quantitative estimate of drug-likeness (QED) is 0.693. The topological polar surface area (TPSA) is 73.1 Å². The molecule has 2 aromatic carbocycles. The van der Waals surface area contributed by atoms with Crippen LogP contribution in [0.25, 0.3) is 0 Å². The van der Waals surface area contributed by atoms with Crippen molar-refractivity contribution in [2.24, 2.45) is 0 Å². The van der Waals surface area contributed by atoms with E-state index in [0.717, 1.165) is 8.04 Å². The number of halogens is 2. The lowest BCUT2D eigenvalue weighted by atomic mass is 10.1. The van der Waals surface area contributed by atoms with Gasteiger partial charge in [-0.15, -0.1) is 0 Å². The molecule has 6 heteroatoms. The fourth-order valence-corrected chi connectivity index (χ4v) is 2.45. The van der Waals surface area contributed by atoms with Crippen molar-refractivity contribution in [1.82, 2.24) is 0 Å². The molecule has 100 valence electrons. The predicted octanol–water partition coefficient (Wildman–Crippen LogP) is 3.88. The van der Waals surface area contributed by atoms with Gasteiger partial charge in [0.25, 0.3) is 5.91 Å². The van der Waals surface area contributed by atoms with Crippen LogP contribution in [0.3, 0.4) is 0 Å². The first-order chi connectivity index (χ1) is 9.51. The van der Waals surface area contributed by atoms with Crippen LogP contribution in [0, 0.1) is 14.9 Å². The van der Waals surface area contributed by atoms with Gasteiger partial charge in [-0.2, -0.15) is 5.26 Å². The van der Waals surface area contributed by atoms with E-state index < -0.39 is 5.91 Å². The molecule has 0 atom stereocenters.